The van der Waals surface area contributed by atoms with E-state index in [0.717, 1.165) is 17.8 Å². The number of hydrogen-bond donors (Lipinski definition) is 0. The van der Waals surface area contributed by atoms with Gasteiger partial charge in [0.05, 0.1) is 26.5 Å². The molecule has 0 spiro atoms. The normalized spacial score (nSPS) is 13.6. The van der Waals surface area contributed by atoms with E-state index in [-0.39, 0.29) is 25.0 Å². The zero-order valence-corrected chi connectivity index (χ0v) is 21.9. The van der Waals surface area contributed by atoms with Crippen LogP contribution in [0.2, 0.25) is 0 Å². The van der Waals surface area contributed by atoms with Crippen LogP contribution in [0.15, 0.2) is 30.3 Å². The van der Waals surface area contributed by atoms with Crippen molar-refractivity contribution >= 4 is 17.6 Å². The fraction of sp³-hybridized carbons (Fsp3) is 0.538. The summed E-state index contributed by atoms with van der Waals surface area (Å²) in [6.07, 6.45) is 0.841. The number of carbonyl (C=O) groups excluding carboxylic acids is 2. The number of nitrogens with zero attached hydrogens (tertiary/aromatic N) is 5. The Bertz CT molecular complexity index is 1010. The second-order valence-corrected chi connectivity index (χ2v) is 9.14. The van der Waals surface area contributed by atoms with Gasteiger partial charge in [-0.3, -0.25) is 9.59 Å². The summed E-state index contributed by atoms with van der Waals surface area (Å²) in [4.78, 5) is 30.9. The number of amides is 2. The van der Waals surface area contributed by atoms with Gasteiger partial charge in [-0.25, -0.2) is 0 Å². The van der Waals surface area contributed by atoms with E-state index in [1.165, 1.54) is 7.11 Å². The Balaban J connectivity index is 1.58. The van der Waals surface area contributed by atoms with Crippen molar-refractivity contribution in [1.29, 1.82) is 0 Å². The van der Waals surface area contributed by atoms with Crippen LogP contribution in [0, 0.1) is 5.92 Å². The van der Waals surface area contributed by atoms with Crippen molar-refractivity contribution in [1.82, 2.24) is 20.0 Å². The van der Waals surface area contributed by atoms with Gasteiger partial charge in [0.1, 0.15) is 18.1 Å². The van der Waals surface area contributed by atoms with Crippen LogP contribution in [0.25, 0.3) is 11.3 Å². The van der Waals surface area contributed by atoms with Crippen LogP contribution in [0.4, 0.5) is 5.82 Å². The minimum Gasteiger partial charge on any atom is -0.497 e. The van der Waals surface area contributed by atoms with Gasteiger partial charge in [-0.15, -0.1) is 10.2 Å². The number of rotatable bonds is 11. The quantitative estimate of drug-likeness (QED) is 0.465. The van der Waals surface area contributed by atoms with Crippen molar-refractivity contribution in [3.63, 3.8) is 0 Å². The minimum absolute atomic E-state index is 0.0176. The lowest BCUT2D eigenvalue weighted by Crippen LogP contribution is -2.52. The molecule has 10 nitrogen and oxygen atoms in total. The zero-order chi connectivity index (χ0) is 26.1. The molecular formula is C26H37N5O5. The number of benzene rings is 1. The van der Waals surface area contributed by atoms with E-state index in [9.17, 15) is 9.59 Å². The van der Waals surface area contributed by atoms with Crippen LogP contribution in [0.1, 0.15) is 20.3 Å². The molecule has 36 heavy (non-hydrogen) atoms. The maximum Gasteiger partial charge on any atom is 0.249 e. The molecule has 0 saturated carbocycles. The first kappa shape index (κ1) is 27.2. The molecule has 2 heterocycles. The third kappa shape index (κ3) is 7.07. The minimum atomic E-state index is -0.158. The molecular weight excluding hydrogens is 462 g/mol. The van der Waals surface area contributed by atoms with Crippen molar-refractivity contribution in [3.05, 3.63) is 30.3 Å². The maximum absolute atomic E-state index is 12.9. The van der Waals surface area contributed by atoms with Gasteiger partial charge in [0.25, 0.3) is 0 Å². The molecule has 1 aromatic heterocycles. The van der Waals surface area contributed by atoms with Crippen LogP contribution in [0.5, 0.6) is 11.5 Å². The van der Waals surface area contributed by atoms with E-state index < -0.39 is 0 Å². The maximum atomic E-state index is 12.9. The Morgan fingerprint density at radius 1 is 1.00 bits per heavy atom. The second kappa shape index (κ2) is 13.1. The first-order valence-electron chi connectivity index (χ1n) is 12.2. The molecule has 0 aliphatic carbocycles. The molecule has 1 fully saturated rings. The lowest BCUT2D eigenvalue weighted by atomic mass is 10.1. The average molecular weight is 500 g/mol. The first-order chi connectivity index (χ1) is 17.4. The molecule has 196 valence electrons. The lowest BCUT2D eigenvalue weighted by molar-refractivity contribution is -0.143. The summed E-state index contributed by atoms with van der Waals surface area (Å²) in [7, 11) is 4.71. The van der Waals surface area contributed by atoms with E-state index in [1.807, 2.05) is 35.2 Å². The second-order valence-electron chi connectivity index (χ2n) is 9.14. The van der Waals surface area contributed by atoms with Gasteiger partial charge in [-0.05, 0) is 36.6 Å². The summed E-state index contributed by atoms with van der Waals surface area (Å²) < 4.78 is 15.7. The molecule has 3 rings (SSSR count). The predicted octanol–water partition coefficient (Wildman–Crippen LogP) is 2.33. The summed E-state index contributed by atoms with van der Waals surface area (Å²) in [5.41, 5.74) is 1.53. The van der Waals surface area contributed by atoms with Crippen LogP contribution in [-0.2, 0) is 14.3 Å². The summed E-state index contributed by atoms with van der Waals surface area (Å²) >= 11 is 0. The number of aromatic nitrogens is 2. The van der Waals surface area contributed by atoms with Gasteiger partial charge in [0.2, 0.25) is 11.8 Å². The van der Waals surface area contributed by atoms with Gasteiger partial charge >= 0.3 is 0 Å². The highest BCUT2D eigenvalue weighted by atomic mass is 16.5. The van der Waals surface area contributed by atoms with Crippen LogP contribution in [-0.4, -0.2) is 99.0 Å². The van der Waals surface area contributed by atoms with E-state index in [2.05, 4.69) is 28.9 Å². The van der Waals surface area contributed by atoms with E-state index in [1.54, 1.807) is 19.1 Å². The molecule has 1 aliphatic heterocycles. The zero-order valence-electron chi connectivity index (χ0n) is 21.9. The fourth-order valence-electron chi connectivity index (χ4n) is 4.02. The van der Waals surface area contributed by atoms with E-state index in [4.69, 9.17) is 14.2 Å². The Kier molecular flexibility index (Phi) is 9.86. The van der Waals surface area contributed by atoms with E-state index in [0.29, 0.717) is 55.8 Å². The molecule has 1 saturated heterocycles. The van der Waals surface area contributed by atoms with Gasteiger partial charge in [0, 0.05) is 51.5 Å². The molecule has 1 aromatic carbocycles. The Hall–Kier alpha value is -3.40. The molecule has 0 N–H and O–H groups in total. The van der Waals surface area contributed by atoms with Gasteiger partial charge in [0.15, 0.2) is 5.82 Å². The third-order valence-corrected chi connectivity index (χ3v) is 6.21. The first-order valence-corrected chi connectivity index (χ1v) is 12.2. The number of carbonyl (C=O) groups is 2. The van der Waals surface area contributed by atoms with Crippen molar-refractivity contribution in [2.24, 2.45) is 5.92 Å². The predicted molar refractivity (Wildman–Crippen MR) is 137 cm³/mol. The summed E-state index contributed by atoms with van der Waals surface area (Å²) in [6, 6.07) is 9.41. The van der Waals surface area contributed by atoms with Crippen molar-refractivity contribution in [2.45, 2.75) is 20.3 Å². The van der Waals surface area contributed by atoms with Gasteiger partial charge < -0.3 is 28.9 Å². The smallest absolute Gasteiger partial charge is 0.249 e. The lowest BCUT2D eigenvalue weighted by Gasteiger charge is -2.36. The topological polar surface area (TPSA) is 97.3 Å². The number of methoxy groups -OCH3 is 3. The third-order valence-electron chi connectivity index (χ3n) is 6.21. The highest BCUT2D eigenvalue weighted by Crippen LogP contribution is 2.32. The van der Waals surface area contributed by atoms with Gasteiger partial charge in [-0.1, -0.05) is 13.8 Å². The molecule has 0 unspecified atom stereocenters. The fourth-order valence-corrected chi connectivity index (χ4v) is 4.02. The Labute approximate surface area is 213 Å². The molecule has 2 amide bonds. The Morgan fingerprint density at radius 2 is 1.75 bits per heavy atom. The average Bonchev–Trinajstić information content (AvgIpc) is 2.90. The van der Waals surface area contributed by atoms with Crippen molar-refractivity contribution in [3.8, 4) is 22.8 Å². The number of piperazine rings is 1. The molecule has 0 atom stereocenters. The standard InChI is InChI=1S/C26H37N5O5/c1-19(2)10-11-31(26(33)18-34-3)17-25(32)30-14-12-29(13-15-30)24-9-8-22(27-28-24)21-7-6-20(35-4)16-23(21)36-5/h6-9,16,19H,10-15,17-18H2,1-5H3. The Morgan fingerprint density at radius 3 is 2.33 bits per heavy atom. The largest absolute Gasteiger partial charge is 0.497 e. The number of ether oxygens (including phenoxy) is 3. The van der Waals surface area contributed by atoms with Crippen LogP contribution < -0.4 is 14.4 Å². The summed E-state index contributed by atoms with van der Waals surface area (Å²) in [5, 5.41) is 8.82. The molecule has 1 aliphatic rings. The van der Waals surface area contributed by atoms with Crippen molar-refractivity contribution in [2.75, 3.05) is 72.1 Å². The summed E-state index contributed by atoms with van der Waals surface area (Å²) in [5.74, 6) is 2.37. The monoisotopic (exact) mass is 499 g/mol. The number of hydrogen-bond acceptors (Lipinski definition) is 8. The van der Waals surface area contributed by atoms with Gasteiger partial charge in [-0.2, -0.15) is 0 Å². The van der Waals surface area contributed by atoms with Crippen LogP contribution in [0.3, 0.4) is 0 Å². The molecule has 2 aromatic rings. The van der Waals surface area contributed by atoms with E-state index >= 15 is 0 Å². The molecule has 0 bridgehead atoms. The molecule has 0 radical (unpaired) electrons. The number of anilines is 1. The summed E-state index contributed by atoms with van der Waals surface area (Å²) in [6.45, 7) is 7.21. The SMILES string of the molecule is COCC(=O)N(CCC(C)C)CC(=O)N1CCN(c2ccc(-c3ccc(OC)cc3OC)nn2)CC1. The van der Waals surface area contributed by atoms with Crippen LogP contribution >= 0.6 is 0 Å². The molecule has 10 heteroatoms. The highest BCUT2D eigenvalue weighted by Gasteiger charge is 2.25. The highest BCUT2D eigenvalue weighted by molar-refractivity contribution is 5.85. The van der Waals surface area contributed by atoms with Crippen molar-refractivity contribution < 1.29 is 23.8 Å².